The topological polar surface area (TPSA) is 53.0 Å². The van der Waals surface area contributed by atoms with E-state index in [0.29, 0.717) is 19.4 Å². The number of likely N-dealkylation sites (tertiary alicyclic amines) is 1. The Morgan fingerprint density at radius 3 is 2.21 bits per heavy atom. The van der Waals surface area contributed by atoms with E-state index in [-0.39, 0.29) is 11.8 Å². The molecule has 14 heavy (non-hydrogen) atoms. The highest BCUT2D eigenvalue weighted by molar-refractivity contribution is 6.05. The summed E-state index contributed by atoms with van der Waals surface area (Å²) in [6, 6.07) is 0. The summed E-state index contributed by atoms with van der Waals surface area (Å²) in [5.74, 6) is 0.532. The third kappa shape index (κ3) is 2.10. The lowest BCUT2D eigenvalue weighted by Gasteiger charge is -2.20. The van der Waals surface area contributed by atoms with E-state index in [0.717, 1.165) is 5.84 Å². The Labute approximate surface area is 83.4 Å². The van der Waals surface area contributed by atoms with Crippen LogP contribution in [-0.2, 0) is 9.59 Å². The zero-order valence-corrected chi connectivity index (χ0v) is 8.78. The summed E-state index contributed by atoms with van der Waals surface area (Å²) in [6.07, 6.45) is 0.673. The molecule has 2 amide bonds. The quantitative estimate of drug-likeness (QED) is 0.348. The summed E-state index contributed by atoms with van der Waals surface area (Å²) in [7, 11) is 5.33. The Balaban J connectivity index is 2.67. The molecule has 0 radical (unpaired) electrons. The molecular formula is C9H15N3O2. The maximum Gasteiger partial charge on any atom is 0.230 e. The first kappa shape index (κ1) is 10.7. The van der Waals surface area contributed by atoms with Gasteiger partial charge in [-0.3, -0.25) is 19.5 Å². The maximum absolute atomic E-state index is 11.3. The number of hydrogen-bond acceptors (Lipinski definition) is 3. The molecule has 0 aromatic rings. The second kappa shape index (κ2) is 4.21. The van der Waals surface area contributed by atoms with Crippen LogP contribution in [0.4, 0.5) is 0 Å². The Bertz CT molecular complexity index is 268. The van der Waals surface area contributed by atoms with Crippen molar-refractivity contribution in [1.29, 1.82) is 0 Å². The van der Waals surface area contributed by atoms with Crippen LogP contribution in [0, 0.1) is 0 Å². The highest BCUT2D eigenvalue weighted by Crippen LogP contribution is 2.11. The highest BCUT2D eigenvalue weighted by atomic mass is 16.2. The molecule has 1 aliphatic rings. The molecule has 1 aliphatic heterocycles. The van der Waals surface area contributed by atoms with Crippen LogP contribution in [0.15, 0.2) is 4.99 Å². The number of amides is 2. The predicted molar refractivity (Wildman–Crippen MR) is 53.0 cm³/mol. The number of hydrogen-bond donors (Lipinski definition) is 0. The minimum Gasteiger partial charge on any atom is -0.365 e. The molecule has 0 aromatic heterocycles. The summed E-state index contributed by atoms with van der Waals surface area (Å²) in [6.45, 7) is 0.293. The molecular weight excluding hydrogens is 182 g/mol. The molecule has 0 saturated carbocycles. The number of carbonyl (C=O) groups is 2. The molecule has 1 saturated heterocycles. The van der Waals surface area contributed by atoms with Gasteiger partial charge in [0.2, 0.25) is 11.8 Å². The van der Waals surface area contributed by atoms with E-state index >= 15 is 0 Å². The normalized spacial score (nSPS) is 17.9. The van der Waals surface area contributed by atoms with Crippen LogP contribution in [0.5, 0.6) is 0 Å². The third-order valence-electron chi connectivity index (χ3n) is 2.23. The van der Waals surface area contributed by atoms with Crippen LogP contribution in [0.1, 0.15) is 12.8 Å². The SMILES string of the molecule is CN=C(CN1C(=O)CCC1=O)N(C)C. The average Bonchev–Trinajstić information content (AvgIpc) is 2.43. The molecule has 78 valence electrons. The van der Waals surface area contributed by atoms with Gasteiger partial charge in [0.25, 0.3) is 0 Å². The lowest BCUT2D eigenvalue weighted by Crippen LogP contribution is -2.39. The van der Waals surface area contributed by atoms with Crippen LogP contribution < -0.4 is 0 Å². The fraction of sp³-hybridized carbons (Fsp3) is 0.667. The molecule has 0 bridgehead atoms. The molecule has 0 unspecified atom stereocenters. The number of nitrogens with zero attached hydrogens (tertiary/aromatic N) is 3. The smallest absolute Gasteiger partial charge is 0.230 e. The Kier molecular flexibility index (Phi) is 3.22. The Morgan fingerprint density at radius 1 is 1.36 bits per heavy atom. The van der Waals surface area contributed by atoms with Crippen molar-refractivity contribution >= 4 is 17.6 Å². The van der Waals surface area contributed by atoms with E-state index in [1.54, 1.807) is 11.9 Å². The number of rotatable bonds is 2. The molecule has 0 aliphatic carbocycles. The van der Waals surface area contributed by atoms with Gasteiger partial charge in [-0.2, -0.15) is 0 Å². The fourth-order valence-corrected chi connectivity index (χ4v) is 1.35. The van der Waals surface area contributed by atoms with Crippen molar-refractivity contribution < 1.29 is 9.59 Å². The van der Waals surface area contributed by atoms with Crippen molar-refractivity contribution in [2.24, 2.45) is 4.99 Å². The molecule has 0 N–H and O–H groups in total. The summed E-state index contributed by atoms with van der Waals surface area (Å²) >= 11 is 0. The Hall–Kier alpha value is -1.39. The van der Waals surface area contributed by atoms with E-state index < -0.39 is 0 Å². The summed E-state index contributed by atoms with van der Waals surface area (Å²) in [5, 5.41) is 0. The van der Waals surface area contributed by atoms with Crippen molar-refractivity contribution in [3.05, 3.63) is 0 Å². The average molecular weight is 197 g/mol. The number of amidine groups is 1. The first-order valence-electron chi connectivity index (χ1n) is 4.52. The van der Waals surface area contributed by atoms with Gasteiger partial charge in [-0.1, -0.05) is 0 Å². The second-order valence-corrected chi connectivity index (χ2v) is 3.41. The van der Waals surface area contributed by atoms with Gasteiger partial charge in [0.05, 0.1) is 6.54 Å². The van der Waals surface area contributed by atoms with Gasteiger partial charge < -0.3 is 4.90 Å². The van der Waals surface area contributed by atoms with Gasteiger partial charge in [0.1, 0.15) is 5.84 Å². The zero-order chi connectivity index (χ0) is 10.7. The number of imide groups is 1. The van der Waals surface area contributed by atoms with Gasteiger partial charge in [0.15, 0.2) is 0 Å². The number of likely N-dealkylation sites (N-methyl/N-ethyl adjacent to an activating group) is 1. The zero-order valence-electron chi connectivity index (χ0n) is 8.78. The van der Waals surface area contributed by atoms with Crippen molar-refractivity contribution in [2.75, 3.05) is 27.7 Å². The van der Waals surface area contributed by atoms with Crippen LogP contribution in [0.3, 0.4) is 0 Å². The molecule has 5 heteroatoms. The number of aliphatic imine (C=N–C) groups is 1. The van der Waals surface area contributed by atoms with E-state index in [4.69, 9.17) is 0 Å². The second-order valence-electron chi connectivity index (χ2n) is 3.41. The number of carbonyl (C=O) groups excluding carboxylic acids is 2. The van der Waals surface area contributed by atoms with Gasteiger partial charge >= 0.3 is 0 Å². The minimum atomic E-state index is -0.0991. The van der Waals surface area contributed by atoms with Gasteiger partial charge in [-0.25, -0.2) is 0 Å². The lowest BCUT2D eigenvalue weighted by atomic mass is 10.4. The van der Waals surface area contributed by atoms with E-state index in [9.17, 15) is 9.59 Å². The molecule has 1 heterocycles. The van der Waals surface area contributed by atoms with Crippen LogP contribution in [0.25, 0.3) is 0 Å². The largest absolute Gasteiger partial charge is 0.365 e. The summed E-state index contributed by atoms with van der Waals surface area (Å²) in [5.41, 5.74) is 0. The van der Waals surface area contributed by atoms with Gasteiger partial charge in [-0.15, -0.1) is 0 Å². The minimum absolute atomic E-state index is 0.0991. The lowest BCUT2D eigenvalue weighted by molar-refractivity contribution is -0.137. The van der Waals surface area contributed by atoms with Gasteiger partial charge in [0, 0.05) is 34.0 Å². The molecule has 0 aromatic carbocycles. The first-order chi connectivity index (χ1) is 6.56. The summed E-state index contributed by atoms with van der Waals surface area (Å²) < 4.78 is 0. The molecule has 0 atom stereocenters. The van der Waals surface area contributed by atoms with Crippen molar-refractivity contribution in [3.8, 4) is 0 Å². The predicted octanol–water partition coefficient (Wildman–Crippen LogP) is -0.275. The van der Waals surface area contributed by atoms with E-state index in [2.05, 4.69) is 4.99 Å². The molecule has 5 nitrogen and oxygen atoms in total. The van der Waals surface area contributed by atoms with Crippen molar-refractivity contribution in [1.82, 2.24) is 9.80 Å². The standard InChI is InChI=1S/C9H15N3O2/c1-10-7(11(2)3)6-12-8(13)4-5-9(12)14/h4-6H2,1-3H3. The van der Waals surface area contributed by atoms with Crippen molar-refractivity contribution in [3.63, 3.8) is 0 Å². The van der Waals surface area contributed by atoms with Crippen LogP contribution in [-0.4, -0.2) is 55.1 Å². The van der Waals surface area contributed by atoms with Crippen LogP contribution in [0.2, 0.25) is 0 Å². The monoisotopic (exact) mass is 197 g/mol. The van der Waals surface area contributed by atoms with Gasteiger partial charge in [-0.05, 0) is 0 Å². The molecule has 1 fully saturated rings. The molecule has 1 rings (SSSR count). The molecule has 0 spiro atoms. The first-order valence-corrected chi connectivity index (χ1v) is 4.52. The summed E-state index contributed by atoms with van der Waals surface area (Å²) in [4.78, 5) is 29.7. The maximum atomic E-state index is 11.3. The highest BCUT2D eigenvalue weighted by Gasteiger charge is 2.29. The van der Waals surface area contributed by atoms with Crippen LogP contribution >= 0.6 is 0 Å². The van der Waals surface area contributed by atoms with E-state index in [1.165, 1.54) is 4.90 Å². The fourth-order valence-electron chi connectivity index (χ4n) is 1.35. The van der Waals surface area contributed by atoms with Crippen molar-refractivity contribution in [2.45, 2.75) is 12.8 Å². The third-order valence-corrected chi connectivity index (χ3v) is 2.23. The van der Waals surface area contributed by atoms with E-state index in [1.807, 2.05) is 14.1 Å². The Morgan fingerprint density at radius 2 is 1.86 bits per heavy atom.